The normalized spacial score (nSPS) is 15.0. The van der Waals surface area contributed by atoms with E-state index in [0.29, 0.717) is 18.2 Å². The zero-order chi connectivity index (χ0) is 10.5. The third kappa shape index (κ3) is 8.43. The Morgan fingerprint density at radius 1 is 1.38 bits per heavy atom. The van der Waals surface area contributed by atoms with Crippen molar-refractivity contribution in [3.63, 3.8) is 0 Å². The van der Waals surface area contributed by atoms with Gasteiger partial charge in [-0.15, -0.1) is 0 Å². The van der Waals surface area contributed by atoms with Crippen molar-refractivity contribution in [2.24, 2.45) is 5.92 Å². The number of nitrogens with zero attached hydrogens (tertiary/aromatic N) is 1. The molecule has 0 saturated carbocycles. The SMILES string of the molecule is CC(CS)CN(C)CCC(F)(F)F. The number of alkyl halides is 3. The Kier molecular flexibility index (Phi) is 5.80. The van der Waals surface area contributed by atoms with Gasteiger partial charge < -0.3 is 4.90 Å². The molecular formula is C8H16F3NS. The van der Waals surface area contributed by atoms with Crippen LogP contribution in [0.4, 0.5) is 13.2 Å². The first-order valence-electron chi connectivity index (χ1n) is 4.21. The second-order valence-corrected chi connectivity index (χ2v) is 3.78. The molecule has 0 aromatic rings. The Balaban J connectivity index is 3.57. The topological polar surface area (TPSA) is 3.24 Å². The molecule has 0 aliphatic rings. The molecule has 1 unspecified atom stereocenters. The fourth-order valence-corrected chi connectivity index (χ4v) is 1.11. The molecule has 1 atom stereocenters. The molecule has 1 nitrogen and oxygen atoms in total. The molecule has 0 rings (SSSR count). The van der Waals surface area contributed by atoms with Crippen molar-refractivity contribution < 1.29 is 13.2 Å². The van der Waals surface area contributed by atoms with E-state index >= 15 is 0 Å². The van der Waals surface area contributed by atoms with Gasteiger partial charge in [0, 0.05) is 13.1 Å². The van der Waals surface area contributed by atoms with E-state index in [9.17, 15) is 13.2 Å². The van der Waals surface area contributed by atoms with Crippen molar-refractivity contribution in [2.75, 3.05) is 25.9 Å². The van der Waals surface area contributed by atoms with Crippen LogP contribution in [-0.2, 0) is 0 Å². The van der Waals surface area contributed by atoms with Crippen LogP contribution in [0.1, 0.15) is 13.3 Å². The summed E-state index contributed by atoms with van der Waals surface area (Å²) in [5, 5.41) is 0. The Hall–Kier alpha value is 0.100. The highest BCUT2D eigenvalue weighted by Crippen LogP contribution is 2.19. The van der Waals surface area contributed by atoms with Crippen LogP contribution >= 0.6 is 12.6 Å². The van der Waals surface area contributed by atoms with Crippen LogP contribution in [0.2, 0.25) is 0 Å². The third-order valence-electron chi connectivity index (χ3n) is 1.71. The monoisotopic (exact) mass is 215 g/mol. The smallest absolute Gasteiger partial charge is 0.306 e. The van der Waals surface area contributed by atoms with Gasteiger partial charge in [0.25, 0.3) is 0 Å². The summed E-state index contributed by atoms with van der Waals surface area (Å²) in [7, 11) is 1.70. The van der Waals surface area contributed by atoms with Crippen molar-refractivity contribution in [2.45, 2.75) is 19.5 Å². The van der Waals surface area contributed by atoms with E-state index in [1.54, 1.807) is 11.9 Å². The van der Waals surface area contributed by atoms with Gasteiger partial charge in [0.15, 0.2) is 0 Å². The van der Waals surface area contributed by atoms with Gasteiger partial charge >= 0.3 is 6.18 Å². The second kappa shape index (κ2) is 5.75. The van der Waals surface area contributed by atoms with Crippen molar-refractivity contribution in [3.8, 4) is 0 Å². The minimum Gasteiger partial charge on any atom is -0.306 e. The van der Waals surface area contributed by atoms with Crippen LogP contribution in [0.25, 0.3) is 0 Å². The van der Waals surface area contributed by atoms with Gasteiger partial charge in [-0.25, -0.2) is 0 Å². The van der Waals surface area contributed by atoms with Crippen molar-refractivity contribution in [1.82, 2.24) is 4.90 Å². The molecular weight excluding hydrogens is 199 g/mol. The van der Waals surface area contributed by atoms with Crippen molar-refractivity contribution >= 4 is 12.6 Å². The van der Waals surface area contributed by atoms with E-state index in [-0.39, 0.29) is 6.54 Å². The predicted molar refractivity (Wildman–Crippen MR) is 51.2 cm³/mol. The lowest BCUT2D eigenvalue weighted by Gasteiger charge is -2.20. The highest BCUT2D eigenvalue weighted by molar-refractivity contribution is 7.80. The Labute approximate surface area is 82.7 Å². The first-order chi connectivity index (χ1) is 5.85. The van der Waals surface area contributed by atoms with E-state index in [1.165, 1.54) is 0 Å². The summed E-state index contributed by atoms with van der Waals surface area (Å²) < 4.78 is 35.4. The van der Waals surface area contributed by atoms with Gasteiger partial charge in [0.05, 0.1) is 6.42 Å². The molecule has 13 heavy (non-hydrogen) atoms. The van der Waals surface area contributed by atoms with Gasteiger partial charge in [-0.2, -0.15) is 25.8 Å². The zero-order valence-electron chi connectivity index (χ0n) is 7.93. The van der Waals surface area contributed by atoms with Gasteiger partial charge in [-0.1, -0.05) is 6.92 Å². The average Bonchev–Trinajstić information content (AvgIpc) is 1.99. The van der Waals surface area contributed by atoms with Crippen molar-refractivity contribution in [1.29, 1.82) is 0 Å². The lowest BCUT2D eigenvalue weighted by atomic mass is 10.2. The minimum atomic E-state index is -4.04. The lowest BCUT2D eigenvalue weighted by molar-refractivity contribution is -0.137. The number of rotatable bonds is 5. The fraction of sp³-hybridized carbons (Fsp3) is 1.00. The molecule has 0 saturated heterocycles. The Morgan fingerprint density at radius 3 is 2.31 bits per heavy atom. The van der Waals surface area contributed by atoms with Gasteiger partial charge in [0.1, 0.15) is 0 Å². The second-order valence-electron chi connectivity index (χ2n) is 3.42. The van der Waals surface area contributed by atoms with Crippen LogP contribution in [0.3, 0.4) is 0 Å². The van der Waals surface area contributed by atoms with E-state index in [1.807, 2.05) is 6.92 Å². The van der Waals surface area contributed by atoms with Crippen molar-refractivity contribution in [3.05, 3.63) is 0 Å². The molecule has 0 aliphatic heterocycles. The summed E-state index contributed by atoms with van der Waals surface area (Å²) in [5.41, 5.74) is 0. The summed E-state index contributed by atoms with van der Waals surface area (Å²) in [5.74, 6) is 1.04. The molecule has 0 aromatic heterocycles. The highest BCUT2D eigenvalue weighted by Gasteiger charge is 2.27. The molecule has 0 radical (unpaired) electrons. The molecule has 0 N–H and O–H groups in total. The molecule has 0 spiro atoms. The number of hydrogen-bond acceptors (Lipinski definition) is 2. The summed E-state index contributed by atoms with van der Waals surface area (Å²) in [6, 6.07) is 0. The molecule has 0 heterocycles. The molecule has 0 aromatic carbocycles. The van der Waals surface area contributed by atoms with Gasteiger partial charge in [-0.05, 0) is 18.7 Å². The third-order valence-corrected chi connectivity index (χ3v) is 2.34. The largest absolute Gasteiger partial charge is 0.390 e. The van der Waals surface area contributed by atoms with E-state index in [2.05, 4.69) is 12.6 Å². The zero-order valence-corrected chi connectivity index (χ0v) is 8.83. The first-order valence-corrected chi connectivity index (χ1v) is 4.84. The van der Waals surface area contributed by atoms with Crippen LogP contribution < -0.4 is 0 Å². The standard InChI is InChI=1S/C8H16F3NS/c1-7(6-13)5-12(2)4-3-8(9,10)11/h7,13H,3-6H2,1-2H3. The van der Waals surface area contributed by atoms with Crippen LogP contribution in [0.5, 0.6) is 0 Å². The maximum absolute atomic E-state index is 11.8. The van der Waals surface area contributed by atoms with Gasteiger partial charge in [0.2, 0.25) is 0 Å². The maximum Gasteiger partial charge on any atom is 0.390 e. The molecule has 5 heteroatoms. The highest BCUT2D eigenvalue weighted by atomic mass is 32.1. The maximum atomic E-state index is 11.8. The number of halogens is 3. The van der Waals surface area contributed by atoms with Crippen LogP contribution in [0.15, 0.2) is 0 Å². The van der Waals surface area contributed by atoms with E-state index < -0.39 is 12.6 Å². The molecule has 0 amide bonds. The summed E-state index contributed by atoms with van der Waals surface area (Å²) in [4.78, 5) is 1.69. The Bertz CT molecular complexity index is 138. The summed E-state index contributed by atoms with van der Waals surface area (Å²) in [6.45, 7) is 2.71. The van der Waals surface area contributed by atoms with Gasteiger partial charge in [-0.3, -0.25) is 0 Å². The quantitative estimate of drug-likeness (QED) is 0.689. The fourth-order valence-electron chi connectivity index (χ4n) is 0.999. The Morgan fingerprint density at radius 2 is 1.92 bits per heavy atom. The van der Waals surface area contributed by atoms with Crippen LogP contribution in [0, 0.1) is 5.92 Å². The predicted octanol–water partition coefficient (Wildman–Crippen LogP) is 2.44. The average molecular weight is 215 g/mol. The molecule has 0 aliphatic carbocycles. The van der Waals surface area contributed by atoms with Crippen LogP contribution in [-0.4, -0.2) is 37.0 Å². The molecule has 80 valence electrons. The number of thiol groups is 1. The molecule has 0 fully saturated rings. The summed E-state index contributed by atoms with van der Waals surface area (Å²) >= 11 is 4.07. The summed E-state index contributed by atoms with van der Waals surface area (Å²) in [6.07, 6.45) is -4.78. The number of hydrogen-bond donors (Lipinski definition) is 1. The lowest BCUT2D eigenvalue weighted by Crippen LogP contribution is -2.29. The first kappa shape index (κ1) is 13.1. The molecule has 0 bridgehead atoms. The minimum absolute atomic E-state index is 0.0710. The van der Waals surface area contributed by atoms with E-state index in [4.69, 9.17) is 0 Å². The van der Waals surface area contributed by atoms with E-state index in [0.717, 1.165) is 0 Å².